The summed E-state index contributed by atoms with van der Waals surface area (Å²) in [4.78, 5) is 28.4. The van der Waals surface area contributed by atoms with Crippen LogP contribution in [0.25, 0.3) is 0 Å². The standard InChI is InChI=1S/C22H27ClN2O2S/c1-3-20(22(27)24-4-2)25(16-17-10-8-9-13-19(17)23)21(26)14-15-28-18-11-6-5-7-12-18/h5-13,20H,3-4,14-16H2,1-2H3,(H,24,27)/t20-/m1/s1. The van der Waals surface area contributed by atoms with Gasteiger partial charge in [-0.25, -0.2) is 0 Å². The number of thioether (sulfide) groups is 1. The SMILES string of the molecule is CCNC(=O)[C@@H](CC)N(Cc1ccccc1Cl)C(=O)CCSc1ccccc1. The van der Waals surface area contributed by atoms with Gasteiger partial charge in [-0.3, -0.25) is 9.59 Å². The Hall–Kier alpha value is -1.98. The van der Waals surface area contributed by atoms with Gasteiger partial charge in [0.25, 0.3) is 0 Å². The first kappa shape index (κ1) is 22.3. The van der Waals surface area contributed by atoms with Crippen LogP contribution in [0.1, 0.15) is 32.3 Å². The van der Waals surface area contributed by atoms with E-state index in [1.54, 1.807) is 22.7 Å². The molecular formula is C22H27ClN2O2S. The molecule has 6 heteroatoms. The second-order valence-electron chi connectivity index (χ2n) is 6.34. The predicted octanol–water partition coefficient (Wildman–Crippen LogP) is 4.77. The number of rotatable bonds is 10. The van der Waals surface area contributed by atoms with Crippen molar-refractivity contribution in [2.45, 2.75) is 44.2 Å². The molecule has 1 atom stereocenters. The van der Waals surface area contributed by atoms with Gasteiger partial charge in [-0.05, 0) is 37.1 Å². The molecule has 28 heavy (non-hydrogen) atoms. The van der Waals surface area contributed by atoms with E-state index in [-0.39, 0.29) is 11.8 Å². The van der Waals surface area contributed by atoms with Gasteiger partial charge in [-0.1, -0.05) is 54.9 Å². The van der Waals surface area contributed by atoms with Gasteiger partial charge in [0.15, 0.2) is 0 Å². The van der Waals surface area contributed by atoms with Crippen LogP contribution in [0.2, 0.25) is 5.02 Å². The summed E-state index contributed by atoms with van der Waals surface area (Å²) in [7, 11) is 0. The molecule has 0 aliphatic carbocycles. The third kappa shape index (κ3) is 6.57. The molecule has 0 saturated carbocycles. The Labute approximate surface area is 176 Å². The number of amides is 2. The van der Waals surface area contributed by atoms with E-state index >= 15 is 0 Å². The van der Waals surface area contributed by atoms with E-state index in [0.29, 0.717) is 36.7 Å². The van der Waals surface area contributed by atoms with E-state index in [1.807, 2.05) is 62.4 Å². The van der Waals surface area contributed by atoms with Crippen LogP contribution < -0.4 is 5.32 Å². The Morgan fingerprint density at radius 3 is 2.39 bits per heavy atom. The lowest BCUT2D eigenvalue weighted by Gasteiger charge is -2.31. The molecule has 150 valence electrons. The molecule has 0 fully saturated rings. The van der Waals surface area contributed by atoms with Crippen molar-refractivity contribution >= 4 is 35.2 Å². The zero-order valence-electron chi connectivity index (χ0n) is 16.4. The molecule has 2 aromatic carbocycles. The van der Waals surface area contributed by atoms with Crippen molar-refractivity contribution < 1.29 is 9.59 Å². The lowest BCUT2D eigenvalue weighted by molar-refractivity contribution is -0.141. The van der Waals surface area contributed by atoms with E-state index in [1.165, 1.54) is 0 Å². The highest BCUT2D eigenvalue weighted by Crippen LogP contribution is 2.22. The number of likely N-dealkylation sites (N-methyl/N-ethyl adjacent to an activating group) is 1. The summed E-state index contributed by atoms with van der Waals surface area (Å²) < 4.78 is 0. The summed E-state index contributed by atoms with van der Waals surface area (Å²) in [5.74, 6) is 0.496. The van der Waals surface area contributed by atoms with Crippen molar-refractivity contribution in [3.8, 4) is 0 Å². The second kappa shape index (κ2) is 11.8. The minimum absolute atomic E-state index is 0.0403. The first-order chi connectivity index (χ1) is 13.6. The van der Waals surface area contributed by atoms with Crippen LogP contribution >= 0.6 is 23.4 Å². The lowest BCUT2D eigenvalue weighted by Crippen LogP contribution is -2.49. The van der Waals surface area contributed by atoms with Gasteiger partial charge in [-0.2, -0.15) is 0 Å². The molecule has 0 aromatic heterocycles. The third-order valence-electron chi connectivity index (χ3n) is 4.36. The van der Waals surface area contributed by atoms with Crippen molar-refractivity contribution in [2.24, 2.45) is 0 Å². The Kier molecular flexibility index (Phi) is 9.38. The molecule has 2 rings (SSSR count). The Morgan fingerprint density at radius 1 is 1.07 bits per heavy atom. The Morgan fingerprint density at radius 2 is 1.75 bits per heavy atom. The number of benzene rings is 2. The number of carbonyl (C=O) groups is 2. The summed E-state index contributed by atoms with van der Waals surface area (Å²) in [5, 5.41) is 3.44. The molecular weight excluding hydrogens is 392 g/mol. The molecule has 0 bridgehead atoms. The van der Waals surface area contributed by atoms with Crippen molar-refractivity contribution in [2.75, 3.05) is 12.3 Å². The average molecular weight is 419 g/mol. The number of hydrogen-bond donors (Lipinski definition) is 1. The molecule has 0 heterocycles. The minimum atomic E-state index is -0.509. The van der Waals surface area contributed by atoms with Crippen LogP contribution in [0, 0.1) is 0 Å². The molecule has 0 saturated heterocycles. The third-order valence-corrected chi connectivity index (χ3v) is 5.75. The van der Waals surface area contributed by atoms with Crippen LogP contribution in [-0.4, -0.2) is 35.1 Å². The van der Waals surface area contributed by atoms with Crippen LogP contribution in [0.3, 0.4) is 0 Å². The van der Waals surface area contributed by atoms with E-state index in [9.17, 15) is 9.59 Å². The van der Waals surface area contributed by atoms with Crippen LogP contribution in [0.15, 0.2) is 59.5 Å². The van der Waals surface area contributed by atoms with Crippen molar-refractivity contribution in [1.82, 2.24) is 10.2 Å². The first-order valence-electron chi connectivity index (χ1n) is 9.55. The van der Waals surface area contributed by atoms with Crippen LogP contribution in [0.4, 0.5) is 0 Å². The summed E-state index contributed by atoms with van der Waals surface area (Å²) in [5.41, 5.74) is 0.843. The van der Waals surface area contributed by atoms with Crippen molar-refractivity contribution in [1.29, 1.82) is 0 Å². The average Bonchev–Trinajstić information content (AvgIpc) is 2.70. The number of hydrogen-bond acceptors (Lipinski definition) is 3. The molecule has 2 amide bonds. The van der Waals surface area contributed by atoms with E-state index in [4.69, 9.17) is 11.6 Å². The number of nitrogens with zero attached hydrogens (tertiary/aromatic N) is 1. The largest absolute Gasteiger partial charge is 0.355 e. The summed E-state index contributed by atoms with van der Waals surface area (Å²) in [6.07, 6.45) is 0.910. The van der Waals surface area contributed by atoms with E-state index in [2.05, 4.69) is 5.32 Å². The molecule has 0 aliphatic rings. The maximum atomic E-state index is 13.0. The summed E-state index contributed by atoms with van der Waals surface area (Å²) >= 11 is 7.94. The van der Waals surface area contributed by atoms with Gasteiger partial charge in [-0.15, -0.1) is 11.8 Å². The highest BCUT2D eigenvalue weighted by Gasteiger charge is 2.28. The molecule has 0 radical (unpaired) electrons. The monoisotopic (exact) mass is 418 g/mol. The normalized spacial score (nSPS) is 11.7. The minimum Gasteiger partial charge on any atom is -0.355 e. The van der Waals surface area contributed by atoms with Gasteiger partial charge in [0.05, 0.1) is 0 Å². The Bertz CT molecular complexity index is 770. The van der Waals surface area contributed by atoms with Crippen molar-refractivity contribution in [3.05, 3.63) is 65.2 Å². The fourth-order valence-electron chi connectivity index (χ4n) is 2.94. The van der Waals surface area contributed by atoms with E-state index in [0.717, 1.165) is 10.5 Å². The second-order valence-corrected chi connectivity index (χ2v) is 7.92. The molecule has 0 unspecified atom stereocenters. The number of nitrogens with one attached hydrogen (secondary N) is 1. The van der Waals surface area contributed by atoms with Crippen molar-refractivity contribution in [3.63, 3.8) is 0 Å². The van der Waals surface area contributed by atoms with Gasteiger partial charge in [0.1, 0.15) is 6.04 Å². The molecule has 2 aromatic rings. The van der Waals surface area contributed by atoms with E-state index < -0.39 is 6.04 Å². The number of carbonyl (C=O) groups excluding carboxylic acids is 2. The topological polar surface area (TPSA) is 49.4 Å². The fourth-order valence-corrected chi connectivity index (χ4v) is 4.00. The zero-order valence-corrected chi connectivity index (χ0v) is 17.9. The molecule has 1 N–H and O–H groups in total. The summed E-state index contributed by atoms with van der Waals surface area (Å²) in [6, 6.07) is 16.9. The van der Waals surface area contributed by atoms with Gasteiger partial charge in [0.2, 0.25) is 11.8 Å². The van der Waals surface area contributed by atoms with Gasteiger partial charge >= 0.3 is 0 Å². The quantitative estimate of drug-likeness (QED) is 0.565. The zero-order chi connectivity index (χ0) is 20.4. The maximum absolute atomic E-state index is 13.0. The first-order valence-corrected chi connectivity index (χ1v) is 10.9. The van der Waals surface area contributed by atoms with Gasteiger partial charge in [0, 0.05) is 35.2 Å². The molecule has 4 nitrogen and oxygen atoms in total. The molecule has 0 aliphatic heterocycles. The van der Waals surface area contributed by atoms with Gasteiger partial charge < -0.3 is 10.2 Å². The molecule has 0 spiro atoms. The van der Waals surface area contributed by atoms with Crippen LogP contribution in [-0.2, 0) is 16.1 Å². The van der Waals surface area contributed by atoms with Crippen LogP contribution in [0.5, 0.6) is 0 Å². The predicted molar refractivity (Wildman–Crippen MR) is 117 cm³/mol. The highest BCUT2D eigenvalue weighted by molar-refractivity contribution is 7.99. The Balaban J connectivity index is 2.12. The maximum Gasteiger partial charge on any atom is 0.242 e. The number of halogens is 1. The lowest BCUT2D eigenvalue weighted by atomic mass is 10.1. The fraction of sp³-hybridized carbons (Fsp3) is 0.364. The summed E-state index contributed by atoms with van der Waals surface area (Å²) in [6.45, 7) is 4.66. The highest BCUT2D eigenvalue weighted by atomic mass is 35.5. The smallest absolute Gasteiger partial charge is 0.242 e.